The zero-order valence-corrected chi connectivity index (χ0v) is 11.2. The molecule has 18 heavy (non-hydrogen) atoms. The molecule has 0 saturated heterocycles. The normalized spacial score (nSPS) is 11.7. The summed E-state index contributed by atoms with van der Waals surface area (Å²) in [5, 5.41) is 3.44. The van der Waals surface area contributed by atoms with E-state index in [0.717, 1.165) is 30.2 Å². The van der Waals surface area contributed by atoms with Crippen molar-refractivity contribution in [3.63, 3.8) is 0 Å². The van der Waals surface area contributed by atoms with Crippen LogP contribution in [0.15, 0.2) is 30.6 Å². The van der Waals surface area contributed by atoms with Crippen molar-refractivity contribution in [2.45, 2.75) is 32.7 Å². The summed E-state index contributed by atoms with van der Waals surface area (Å²) in [6.45, 7) is 7.40. The second-order valence-electron chi connectivity index (χ2n) is 5.39. The number of hydrogen-bond acceptors (Lipinski definition) is 3. The maximum Gasteiger partial charge on any atom is 0.107 e. The van der Waals surface area contributed by atoms with Crippen molar-refractivity contribution in [2.24, 2.45) is 0 Å². The van der Waals surface area contributed by atoms with Crippen molar-refractivity contribution >= 4 is 0 Å². The molecule has 0 aromatic carbocycles. The fourth-order valence-corrected chi connectivity index (χ4v) is 1.70. The van der Waals surface area contributed by atoms with Crippen molar-refractivity contribution in [1.82, 2.24) is 20.3 Å². The Bertz CT molecular complexity index is 482. The number of aromatic nitrogens is 3. The zero-order chi connectivity index (χ0) is 13.0. The molecule has 2 aromatic rings. The summed E-state index contributed by atoms with van der Waals surface area (Å²) in [5.74, 6) is 0.993. The molecule has 0 radical (unpaired) electrons. The molecule has 2 aromatic heterocycles. The van der Waals surface area contributed by atoms with Gasteiger partial charge in [0.15, 0.2) is 0 Å². The molecule has 4 nitrogen and oxygen atoms in total. The van der Waals surface area contributed by atoms with Crippen LogP contribution in [0.5, 0.6) is 0 Å². The molecule has 0 aliphatic carbocycles. The Morgan fingerprint density at radius 2 is 2.06 bits per heavy atom. The summed E-state index contributed by atoms with van der Waals surface area (Å²) in [6, 6.07) is 5.86. The van der Waals surface area contributed by atoms with Gasteiger partial charge in [0.2, 0.25) is 0 Å². The average molecular weight is 244 g/mol. The highest BCUT2D eigenvalue weighted by molar-refractivity contribution is 5.52. The summed E-state index contributed by atoms with van der Waals surface area (Å²) in [5.41, 5.74) is 2.05. The predicted octanol–water partition coefficient (Wildman–Crippen LogP) is 2.40. The fraction of sp³-hybridized carbons (Fsp3) is 0.429. The predicted molar refractivity (Wildman–Crippen MR) is 73.3 cm³/mol. The van der Waals surface area contributed by atoms with E-state index in [4.69, 9.17) is 0 Å². The summed E-state index contributed by atoms with van der Waals surface area (Å²) >= 11 is 0. The molecular formula is C14H20N4. The van der Waals surface area contributed by atoms with E-state index >= 15 is 0 Å². The van der Waals surface area contributed by atoms with Crippen LogP contribution in [-0.2, 0) is 6.42 Å². The Kier molecular flexibility index (Phi) is 3.77. The van der Waals surface area contributed by atoms with Gasteiger partial charge in [0, 0.05) is 24.7 Å². The monoisotopic (exact) mass is 244 g/mol. The van der Waals surface area contributed by atoms with E-state index in [-0.39, 0.29) is 5.54 Å². The molecule has 4 heteroatoms. The van der Waals surface area contributed by atoms with Crippen molar-refractivity contribution in [3.8, 4) is 11.4 Å². The minimum absolute atomic E-state index is 0.149. The highest BCUT2D eigenvalue weighted by atomic mass is 15.0. The zero-order valence-electron chi connectivity index (χ0n) is 11.2. The highest BCUT2D eigenvalue weighted by Gasteiger charge is 2.09. The highest BCUT2D eigenvalue weighted by Crippen LogP contribution is 2.13. The number of aromatic amines is 1. The Balaban J connectivity index is 1.95. The van der Waals surface area contributed by atoms with Crippen LogP contribution >= 0.6 is 0 Å². The molecular weight excluding hydrogens is 224 g/mol. The molecule has 0 atom stereocenters. The summed E-state index contributed by atoms with van der Waals surface area (Å²) in [4.78, 5) is 12.0. The van der Waals surface area contributed by atoms with E-state index in [1.807, 2.05) is 24.4 Å². The molecule has 0 fully saturated rings. The molecule has 0 saturated carbocycles. The molecule has 0 spiro atoms. The second kappa shape index (κ2) is 5.31. The first-order valence-electron chi connectivity index (χ1n) is 6.25. The first-order valence-corrected chi connectivity index (χ1v) is 6.25. The maximum atomic E-state index is 4.38. The smallest absolute Gasteiger partial charge is 0.107 e. The van der Waals surface area contributed by atoms with Gasteiger partial charge in [0.05, 0.1) is 17.6 Å². The summed E-state index contributed by atoms with van der Waals surface area (Å²) in [7, 11) is 0. The fourth-order valence-electron chi connectivity index (χ4n) is 1.70. The Morgan fingerprint density at radius 1 is 1.22 bits per heavy atom. The average Bonchev–Trinajstić information content (AvgIpc) is 2.77. The molecule has 2 rings (SSSR count). The molecule has 0 bridgehead atoms. The van der Waals surface area contributed by atoms with Crippen molar-refractivity contribution in [3.05, 3.63) is 36.4 Å². The van der Waals surface area contributed by atoms with Gasteiger partial charge in [-0.1, -0.05) is 6.07 Å². The van der Waals surface area contributed by atoms with Crippen LogP contribution in [0.25, 0.3) is 11.4 Å². The van der Waals surface area contributed by atoms with Crippen LogP contribution in [0.2, 0.25) is 0 Å². The van der Waals surface area contributed by atoms with Crippen LogP contribution in [-0.4, -0.2) is 27.0 Å². The first kappa shape index (κ1) is 12.8. The van der Waals surface area contributed by atoms with Gasteiger partial charge in [-0.05, 0) is 32.9 Å². The van der Waals surface area contributed by atoms with Gasteiger partial charge in [-0.25, -0.2) is 4.98 Å². The lowest BCUT2D eigenvalue weighted by atomic mass is 10.1. The number of pyridine rings is 1. The maximum absolute atomic E-state index is 4.38. The van der Waals surface area contributed by atoms with Crippen LogP contribution < -0.4 is 5.32 Å². The van der Waals surface area contributed by atoms with Crippen LogP contribution in [0, 0.1) is 0 Å². The molecule has 2 N–H and O–H groups in total. The second-order valence-corrected chi connectivity index (χ2v) is 5.39. The molecule has 0 unspecified atom stereocenters. The number of nitrogens with zero attached hydrogens (tertiary/aromatic N) is 2. The van der Waals surface area contributed by atoms with E-state index in [1.165, 1.54) is 0 Å². The lowest BCUT2D eigenvalue weighted by molar-refractivity contribution is 0.427. The van der Waals surface area contributed by atoms with E-state index in [9.17, 15) is 0 Å². The number of rotatable bonds is 4. The van der Waals surface area contributed by atoms with Gasteiger partial charge in [0.25, 0.3) is 0 Å². The van der Waals surface area contributed by atoms with Crippen molar-refractivity contribution in [1.29, 1.82) is 0 Å². The minimum atomic E-state index is 0.149. The van der Waals surface area contributed by atoms with Gasteiger partial charge >= 0.3 is 0 Å². The first-order chi connectivity index (χ1) is 8.54. The third kappa shape index (κ3) is 3.67. The van der Waals surface area contributed by atoms with Crippen LogP contribution in [0.1, 0.15) is 26.6 Å². The topological polar surface area (TPSA) is 53.6 Å². The lowest BCUT2D eigenvalue weighted by Crippen LogP contribution is -2.37. The van der Waals surface area contributed by atoms with Crippen molar-refractivity contribution < 1.29 is 0 Å². The minimum Gasteiger partial charge on any atom is -0.341 e. The number of imidazole rings is 1. The Hall–Kier alpha value is -1.68. The van der Waals surface area contributed by atoms with E-state index in [0.29, 0.717) is 0 Å². The van der Waals surface area contributed by atoms with Crippen LogP contribution in [0.3, 0.4) is 0 Å². The van der Waals surface area contributed by atoms with E-state index in [2.05, 4.69) is 41.0 Å². The van der Waals surface area contributed by atoms with Gasteiger partial charge < -0.3 is 10.3 Å². The van der Waals surface area contributed by atoms with Gasteiger partial charge in [-0.3, -0.25) is 4.98 Å². The molecule has 0 amide bonds. The number of hydrogen-bond donors (Lipinski definition) is 2. The van der Waals surface area contributed by atoms with Gasteiger partial charge in [-0.2, -0.15) is 0 Å². The lowest BCUT2D eigenvalue weighted by Gasteiger charge is -2.19. The van der Waals surface area contributed by atoms with Gasteiger partial charge in [0.1, 0.15) is 5.82 Å². The van der Waals surface area contributed by atoms with E-state index < -0.39 is 0 Å². The number of H-pyrrole nitrogens is 1. The Morgan fingerprint density at radius 3 is 2.72 bits per heavy atom. The third-order valence-corrected chi connectivity index (χ3v) is 2.59. The third-order valence-electron chi connectivity index (χ3n) is 2.59. The Labute approximate surface area is 108 Å². The molecule has 0 aliphatic rings. The van der Waals surface area contributed by atoms with Crippen molar-refractivity contribution in [2.75, 3.05) is 6.54 Å². The molecule has 96 valence electrons. The van der Waals surface area contributed by atoms with E-state index in [1.54, 1.807) is 6.20 Å². The van der Waals surface area contributed by atoms with Crippen LogP contribution in [0.4, 0.5) is 0 Å². The number of nitrogens with one attached hydrogen (secondary N) is 2. The summed E-state index contributed by atoms with van der Waals surface area (Å²) in [6.07, 6.45) is 4.52. The standard InChI is InChI=1S/C14H20N4/c1-14(2,3)17-9-7-13-16-10-12(18-13)11-6-4-5-8-15-11/h4-6,8,10,17H,7,9H2,1-3H3,(H,16,18). The van der Waals surface area contributed by atoms with Gasteiger partial charge in [-0.15, -0.1) is 0 Å². The quantitative estimate of drug-likeness (QED) is 0.868. The SMILES string of the molecule is CC(C)(C)NCCc1ncc(-c2ccccn2)[nH]1. The molecule has 0 aliphatic heterocycles. The largest absolute Gasteiger partial charge is 0.341 e. The summed E-state index contributed by atoms with van der Waals surface area (Å²) < 4.78 is 0. The molecule has 2 heterocycles.